The molecule has 1 heterocycles. The molecule has 0 atom stereocenters. The Morgan fingerprint density at radius 1 is 1.25 bits per heavy atom. The molecule has 0 radical (unpaired) electrons. The Kier molecular flexibility index (Phi) is 4.89. The van der Waals surface area contributed by atoms with E-state index in [9.17, 15) is 0 Å². The quantitative estimate of drug-likeness (QED) is 0.766. The minimum atomic E-state index is 0.607. The Bertz CT molecular complexity index is 555. The molecule has 0 amide bonds. The number of rotatable bonds is 7. The summed E-state index contributed by atoms with van der Waals surface area (Å²) >= 11 is 0. The van der Waals surface area contributed by atoms with Crippen LogP contribution in [0.5, 0.6) is 11.5 Å². The van der Waals surface area contributed by atoms with Crippen LogP contribution in [0.4, 0.5) is 0 Å². The largest absolute Gasteiger partial charge is 0.497 e. The molecule has 108 valence electrons. The molecular formula is C13H19N5O2. The molecule has 7 heteroatoms. The number of hydrogen-bond acceptors (Lipinski definition) is 6. The van der Waals surface area contributed by atoms with Crippen molar-refractivity contribution in [3.63, 3.8) is 0 Å². The van der Waals surface area contributed by atoms with Gasteiger partial charge in [0.2, 0.25) is 0 Å². The molecule has 0 fully saturated rings. The first-order valence-electron chi connectivity index (χ1n) is 6.50. The van der Waals surface area contributed by atoms with Crippen LogP contribution in [-0.2, 0) is 6.54 Å². The van der Waals surface area contributed by atoms with Gasteiger partial charge < -0.3 is 14.8 Å². The average molecular weight is 277 g/mol. The molecule has 0 saturated carbocycles. The van der Waals surface area contributed by atoms with Crippen LogP contribution in [0.25, 0.3) is 5.69 Å². The van der Waals surface area contributed by atoms with Gasteiger partial charge in [-0.3, -0.25) is 0 Å². The van der Waals surface area contributed by atoms with Crippen LogP contribution in [-0.4, -0.2) is 41.0 Å². The lowest BCUT2D eigenvalue weighted by Gasteiger charge is -2.11. The highest BCUT2D eigenvalue weighted by molar-refractivity contribution is 5.50. The minimum Gasteiger partial charge on any atom is -0.497 e. The molecule has 7 nitrogen and oxygen atoms in total. The van der Waals surface area contributed by atoms with Crippen molar-refractivity contribution in [3.8, 4) is 17.2 Å². The summed E-state index contributed by atoms with van der Waals surface area (Å²) in [6, 6.07) is 5.53. The van der Waals surface area contributed by atoms with Crippen LogP contribution in [0.3, 0.4) is 0 Å². The Morgan fingerprint density at radius 3 is 2.80 bits per heavy atom. The summed E-state index contributed by atoms with van der Waals surface area (Å²) in [5.74, 6) is 2.12. The van der Waals surface area contributed by atoms with Gasteiger partial charge in [-0.1, -0.05) is 6.92 Å². The van der Waals surface area contributed by atoms with E-state index in [0.29, 0.717) is 12.3 Å². The van der Waals surface area contributed by atoms with E-state index in [1.807, 2.05) is 12.1 Å². The maximum Gasteiger partial charge on any atom is 0.170 e. The van der Waals surface area contributed by atoms with E-state index in [2.05, 4.69) is 27.8 Å². The van der Waals surface area contributed by atoms with Gasteiger partial charge in [0.1, 0.15) is 17.2 Å². The SMILES string of the molecule is CCCNCc1nnnn1-c1ccc(OC)cc1OC. The highest BCUT2D eigenvalue weighted by Crippen LogP contribution is 2.27. The van der Waals surface area contributed by atoms with Gasteiger partial charge in [0.05, 0.1) is 20.8 Å². The van der Waals surface area contributed by atoms with Crippen molar-refractivity contribution in [3.05, 3.63) is 24.0 Å². The number of hydrogen-bond donors (Lipinski definition) is 1. The highest BCUT2D eigenvalue weighted by atomic mass is 16.5. The molecule has 20 heavy (non-hydrogen) atoms. The van der Waals surface area contributed by atoms with Gasteiger partial charge in [0.15, 0.2) is 5.82 Å². The van der Waals surface area contributed by atoms with E-state index in [-0.39, 0.29) is 0 Å². The summed E-state index contributed by atoms with van der Waals surface area (Å²) in [4.78, 5) is 0. The molecule has 0 aliphatic carbocycles. The van der Waals surface area contributed by atoms with Crippen molar-refractivity contribution in [1.82, 2.24) is 25.5 Å². The van der Waals surface area contributed by atoms with Crippen LogP contribution in [0.15, 0.2) is 18.2 Å². The molecule has 0 saturated heterocycles. The second-order valence-corrected chi connectivity index (χ2v) is 4.22. The van der Waals surface area contributed by atoms with Gasteiger partial charge in [-0.2, -0.15) is 4.68 Å². The lowest BCUT2D eigenvalue weighted by atomic mass is 10.2. The van der Waals surface area contributed by atoms with Crippen LogP contribution in [0, 0.1) is 0 Å². The Balaban J connectivity index is 2.29. The standard InChI is InChI=1S/C13H19N5O2/c1-4-7-14-9-13-15-16-17-18(13)11-6-5-10(19-2)8-12(11)20-3/h5-6,8,14H,4,7,9H2,1-3H3. The van der Waals surface area contributed by atoms with E-state index in [1.54, 1.807) is 25.0 Å². The van der Waals surface area contributed by atoms with Crippen molar-refractivity contribution in [2.24, 2.45) is 0 Å². The van der Waals surface area contributed by atoms with E-state index in [4.69, 9.17) is 9.47 Å². The zero-order valence-corrected chi connectivity index (χ0v) is 12.0. The van der Waals surface area contributed by atoms with Crippen molar-refractivity contribution >= 4 is 0 Å². The molecule has 1 aromatic carbocycles. The van der Waals surface area contributed by atoms with Gasteiger partial charge in [-0.25, -0.2) is 0 Å². The second-order valence-electron chi connectivity index (χ2n) is 4.22. The van der Waals surface area contributed by atoms with E-state index < -0.39 is 0 Å². The van der Waals surface area contributed by atoms with Crippen LogP contribution in [0.1, 0.15) is 19.2 Å². The Labute approximate surface area is 117 Å². The fourth-order valence-corrected chi connectivity index (χ4v) is 1.84. The fraction of sp³-hybridized carbons (Fsp3) is 0.462. The first-order valence-corrected chi connectivity index (χ1v) is 6.50. The summed E-state index contributed by atoms with van der Waals surface area (Å²) in [7, 11) is 3.23. The third-order valence-corrected chi connectivity index (χ3v) is 2.86. The Hall–Kier alpha value is -2.15. The molecule has 0 spiro atoms. The lowest BCUT2D eigenvalue weighted by Crippen LogP contribution is -2.18. The maximum atomic E-state index is 5.38. The molecule has 0 bridgehead atoms. The molecule has 1 aromatic heterocycles. The number of methoxy groups -OCH3 is 2. The van der Waals surface area contributed by atoms with Gasteiger partial charge in [0, 0.05) is 6.07 Å². The smallest absolute Gasteiger partial charge is 0.170 e. The predicted octanol–water partition coefficient (Wildman–Crippen LogP) is 1.18. The number of nitrogens with one attached hydrogen (secondary N) is 1. The zero-order valence-electron chi connectivity index (χ0n) is 12.0. The average Bonchev–Trinajstić information content (AvgIpc) is 2.95. The molecule has 0 aliphatic heterocycles. The Morgan fingerprint density at radius 2 is 2.10 bits per heavy atom. The number of benzene rings is 1. The third kappa shape index (κ3) is 3.05. The zero-order chi connectivity index (χ0) is 14.4. The molecule has 0 unspecified atom stereocenters. The van der Waals surface area contributed by atoms with Crippen molar-refractivity contribution < 1.29 is 9.47 Å². The van der Waals surface area contributed by atoms with Crippen LogP contribution in [0.2, 0.25) is 0 Å². The topological polar surface area (TPSA) is 74.1 Å². The molecular weight excluding hydrogens is 258 g/mol. The van der Waals surface area contributed by atoms with Crippen molar-refractivity contribution in [1.29, 1.82) is 0 Å². The summed E-state index contributed by atoms with van der Waals surface area (Å²) in [6.45, 7) is 3.64. The van der Waals surface area contributed by atoms with Crippen molar-refractivity contribution in [2.45, 2.75) is 19.9 Å². The lowest BCUT2D eigenvalue weighted by molar-refractivity contribution is 0.392. The van der Waals surface area contributed by atoms with Gasteiger partial charge >= 0.3 is 0 Å². The summed E-state index contributed by atoms with van der Waals surface area (Å²) in [5, 5.41) is 15.1. The summed E-state index contributed by atoms with van der Waals surface area (Å²) in [6.07, 6.45) is 1.06. The monoisotopic (exact) mass is 277 g/mol. The summed E-state index contributed by atoms with van der Waals surface area (Å²) in [5.41, 5.74) is 0.784. The first kappa shape index (κ1) is 14.3. The predicted molar refractivity (Wildman–Crippen MR) is 74.3 cm³/mol. The fourth-order valence-electron chi connectivity index (χ4n) is 1.84. The van der Waals surface area contributed by atoms with Gasteiger partial charge in [0.25, 0.3) is 0 Å². The van der Waals surface area contributed by atoms with Crippen LogP contribution < -0.4 is 14.8 Å². The number of ether oxygens (including phenoxy) is 2. The number of aromatic nitrogens is 4. The van der Waals surface area contributed by atoms with E-state index >= 15 is 0 Å². The van der Waals surface area contributed by atoms with Gasteiger partial charge in [-0.15, -0.1) is 5.10 Å². The second kappa shape index (κ2) is 6.85. The highest BCUT2D eigenvalue weighted by Gasteiger charge is 2.13. The van der Waals surface area contributed by atoms with E-state index in [1.165, 1.54) is 0 Å². The van der Waals surface area contributed by atoms with E-state index in [0.717, 1.165) is 30.2 Å². The van der Waals surface area contributed by atoms with Crippen LogP contribution >= 0.6 is 0 Å². The molecule has 2 rings (SSSR count). The third-order valence-electron chi connectivity index (χ3n) is 2.86. The summed E-state index contributed by atoms with van der Waals surface area (Å²) < 4.78 is 12.2. The minimum absolute atomic E-state index is 0.607. The molecule has 1 N–H and O–H groups in total. The van der Waals surface area contributed by atoms with Crippen molar-refractivity contribution in [2.75, 3.05) is 20.8 Å². The maximum absolute atomic E-state index is 5.38. The molecule has 2 aromatic rings. The normalized spacial score (nSPS) is 10.6. The number of nitrogens with zero attached hydrogens (tertiary/aromatic N) is 4. The number of tetrazole rings is 1. The van der Waals surface area contributed by atoms with Gasteiger partial charge in [-0.05, 0) is 35.5 Å². The molecule has 0 aliphatic rings. The first-order chi connectivity index (χ1) is 9.80.